The van der Waals surface area contributed by atoms with Crippen molar-refractivity contribution >= 4 is 11.7 Å². The van der Waals surface area contributed by atoms with Crippen molar-refractivity contribution in [3.05, 3.63) is 29.8 Å². The predicted molar refractivity (Wildman–Crippen MR) is 67.7 cm³/mol. The number of carbonyl (C=O) groups excluding carboxylic acids is 1. The molecule has 0 saturated heterocycles. The Bertz CT molecular complexity index is 365. The van der Waals surface area contributed by atoms with Gasteiger partial charge in [-0.25, -0.2) is 4.79 Å². The molecule has 17 heavy (non-hydrogen) atoms. The van der Waals surface area contributed by atoms with Gasteiger partial charge in [0.15, 0.2) is 0 Å². The van der Waals surface area contributed by atoms with Gasteiger partial charge in [-0.2, -0.15) is 0 Å². The third-order valence-corrected chi connectivity index (χ3v) is 2.69. The Morgan fingerprint density at radius 3 is 2.53 bits per heavy atom. The maximum absolute atomic E-state index is 11.7. The summed E-state index contributed by atoms with van der Waals surface area (Å²) in [4.78, 5) is 13.2. The fourth-order valence-electron chi connectivity index (χ4n) is 1.26. The Morgan fingerprint density at radius 2 is 2.06 bits per heavy atom. The number of nitrogens with zero attached hydrogens (tertiary/aromatic N) is 1. The summed E-state index contributed by atoms with van der Waals surface area (Å²) in [6.07, 6.45) is 0. The second-order valence-corrected chi connectivity index (χ2v) is 3.97. The van der Waals surface area contributed by atoms with Crippen molar-refractivity contribution < 1.29 is 9.90 Å². The lowest BCUT2D eigenvalue weighted by Gasteiger charge is -2.23. The van der Waals surface area contributed by atoms with Crippen LogP contribution in [-0.2, 0) is 6.54 Å². The van der Waals surface area contributed by atoms with Gasteiger partial charge in [0.1, 0.15) is 0 Å². The zero-order valence-electron chi connectivity index (χ0n) is 10.2. The standard InChI is InChI=1S/C12H19N3O2/c1-9(8-16)15(2)12(17)14-11-5-3-10(7-13)4-6-11/h3-6,9,16H,7-8,13H2,1-2H3,(H,14,17). The van der Waals surface area contributed by atoms with Crippen LogP contribution in [0.5, 0.6) is 0 Å². The van der Waals surface area contributed by atoms with Gasteiger partial charge in [0.2, 0.25) is 0 Å². The molecule has 0 radical (unpaired) electrons. The third-order valence-electron chi connectivity index (χ3n) is 2.69. The van der Waals surface area contributed by atoms with E-state index in [-0.39, 0.29) is 18.7 Å². The summed E-state index contributed by atoms with van der Waals surface area (Å²) in [5.74, 6) is 0. The van der Waals surface area contributed by atoms with E-state index >= 15 is 0 Å². The first-order chi connectivity index (χ1) is 8.08. The van der Waals surface area contributed by atoms with Crippen molar-refractivity contribution in [2.24, 2.45) is 5.73 Å². The molecule has 0 bridgehead atoms. The Balaban J connectivity index is 2.61. The second-order valence-electron chi connectivity index (χ2n) is 3.97. The van der Waals surface area contributed by atoms with Crippen LogP contribution in [0, 0.1) is 0 Å². The molecule has 0 aliphatic carbocycles. The molecule has 1 unspecified atom stereocenters. The Kier molecular flexibility index (Phi) is 4.93. The van der Waals surface area contributed by atoms with Gasteiger partial charge in [-0.1, -0.05) is 12.1 Å². The molecular formula is C12H19N3O2. The van der Waals surface area contributed by atoms with Crippen molar-refractivity contribution in [2.45, 2.75) is 19.5 Å². The number of hydrogen-bond donors (Lipinski definition) is 3. The van der Waals surface area contributed by atoms with Gasteiger partial charge in [-0.15, -0.1) is 0 Å². The van der Waals surface area contributed by atoms with Crippen LogP contribution < -0.4 is 11.1 Å². The summed E-state index contributed by atoms with van der Waals surface area (Å²) in [6.45, 7) is 2.20. The molecule has 0 saturated carbocycles. The number of rotatable bonds is 4. The molecule has 1 atom stereocenters. The van der Waals surface area contributed by atoms with Crippen LogP contribution in [0.1, 0.15) is 12.5 Å². The first-order valence-electron chi connectivity index (χ1n) is 5.52. The molecule has 0 spiro atoms. The maximum atomic E-state index is 11.7. The minimum absolute atomic E-state index is 0.0595. The number of hydrogen-bond acceptors (Lipinski definition) is 3. The van der Waals surface area contributed by atoms with E-state index < -0.39 is 0 Å². The van der Waals surface area contributed by atoms with Gasteiger partial charge in [-0.05, 0) is 24.6 Å². The van der Waals surface area contributed by atoms with Crippen LogP contribution in [0.3, 0.4) is 0 Å². The van der Waals surface area contributed by atoms with Gasteiger partial charge in [-0.3, -0.25) is 0 Å². The third kappa shape index (κ3) is 3.72. The molecule has 1 aromatic rings. The summed E-state index contributed by atoms with van der Waals surface area (Å²) >= 11 is 0. The van der Waals surface area contributed by atoms with Gasteiger partial charge < -0.3 is 21.1 Å². The van der Waals surface area contributed by atoms with E-state index in [0.29, 0.717) is 12.2 Å². The SMILES string of the molecule is CC(CO)N(C)C(=O)Nc1ccc(CN)cc1. The average Bonchev–Trinajstić information content (AvgIpc) is 2.37. The smallest absolute Gasteiger partial charge is 0.321 e. The van der Waals surface area contributed by atoms with E-state index in [0.717, 1.165) is 5.56 Å². The minimum atomic E-state index is -0.243. The number of amides is 2. The number of likely N-dealkylation sites (N-methyl/N-ethyl adjacent to an activating group) is 1. The molecule has 5 nitrogen and oxygen atoms in total. The fourth-order valence-corrected chi connectivity index (χ4v) is 1.26. The van der Waals surface area contributed by atoms with Crippen LogP contribution >= 0.6 is 0 Å². The molecule has 0 aliphatic rings. The molecule has 2 amide bonds. The molecule has 94 valence electrons. The number of carbonyl (C=O) groups is 1. The largest absolute Gasteiger partial charge is 0.394 e. The highest BCUT2D eigenvalue weighted by Crippen LogP contribution is 2.10. The highest BCUT2D eigenvalue weighted by atomic mass is 16.3. The number of nitrogens with two attached hydrogens (primary N) is 1. The lowest BCUT2D eigenvalue weighted by atomic mass is 10.2. The zero-order chi connectivity index (χ0) is 12.8. The molecule has 1 rings (SSSR count). The number of anilines is 1. The topological polar surface area (TPSA) is 78.6 Å². The van der Waals surface area contributed by atoms with E-state index in [9.17, 15) is 4.79 Å². The number of benzene rings is 1. The highest BCUT2D eigenvalue weighted by Gasteiger charge is 2.14. The van der Waals surface area contributed by atoms with Crippen LogP contribution in [0.4, 0.5) is 10.5 Å². The van der Waals surface area contributed by atoms with Crippen molar-refractivity contribution in [3.63, 3.8) is 0 Å². The minimum Gasteiger partial charge on any atom is -0.394 e. The molecule has 5 heteroatoms. The summed E-state index contributed by atoms with van der Waals surface area (Å²) in [6, 6.07) is 6.89. The average molecular weight is 237 g/mol. The van der Waals surface area contributed by atoms with Crippen LogP contribution in [-0.4, -0.2) is 35.7 Å². The first-order valence-corrected chi connectivity index (χ1v) is 5.52. The van der Waals surface area contributed by atoms with Gasteiger partial charge >= 0.3 is 6.03 Å². The van der Waals surface area contributed by atoms with Crippen molar-refractivity contribution in [1.82, 2.24) is 4.90 Å². The van der Waals surface area contributed by atoms with E-state index in [2.05, 4.69) is 5.32 Å². The zero-order valence-corrected chi connectivity index (χ0v) is 10.2. The summed E-state index contributed by atoms with van der Waals surface area (Å²) in [7, 11) is 1.64. The van der Waals surface area contributed by atoms with E-state index in [1.807, 2.05) is 12.1 Å². The predicted octanol–water partition coefficient (Wildman–Crippen LogP) is 0.990. The fraction of sp³-hybridized carbons (Fsp3) is 0.417. The number of urea groups is 1. The van der Waals surface area contributed by atoms with Crippen LogP contribution in [0.2, 0.25) is 0 Å². The molecule has 4 N–H and O–H groups in total. The lowest BCUT2D eigenvalue weighted by molar-refractivity contribution is 0.166. The number of aliphatic hydroxyl groups excluding tert-OH is 1. The quantitative estimate of drug-likeness (QED) is 0.730. The molecule has 0 aromatic heterocycles. The summed E-state index contributed by atoms with van der Waals surface area (Å²) < 4.78 is 0. The number of aliphatic hydroxyl groups is 1. The van der Waals surface area contributed by atoms with Gasteiger partial charge in [0, 0.05) is 19.3 Å². The Labute approximate surface area is 101 Å². The Hall–Kier alpha value is -1.59. The van der Waals surface area contributed by atoms with Crippen molar-refractivity contribution in [1.29, 1.82) is 0 Å². The number of nitrogens with one attached hydrogen (secondary N) is 1. The Morgan fingerprint density at radius 1 is 1.47 bits per heavy atom. The van der Waals surface area contributed by atoms with Crippen LogP contribution in [0.15, 0.2) is 24.3 Å². The molecule has 0 fully saturated rings. The highest BCUT2D eigenvalue weighted by molar-refractivity contribution is 5.89. The van der Waals surface area contributed by atoms with E-state index in [4.69, 9.17) is 10.8 Å². The summed E-state index contributed by atoms with van der Waals surface area (Å²) in [5.41, 5.74) is 7.21. The molecule has 1 aromatic carbocycles. The van der Waals surface area contributed by atoms with Gasteiger partial charge in [0.05, 0.1) is 12.6 Å². The van der Waals surface area contributed by atoms with Gasteiger partial charge in [0.25, 0.3) is 0 Å². The second kappa shape index (κ2) is 6.22. The van der Waals surface area contributed by atoms with Crippen molar-refractivity contribution in [2.75, 3.05) is 19.0 Å². The summed E-state index contributed by atoms with van der Waals surface area (Å²) in [5, 5.41) is 11.7. The molecule has 0 aliphatic heterocycles. The maximum Gasteiger partial charge on any atom is 0.321 e. The first kappa shape index (κ1) is 13.5. The van der Waals surface area contributed by atoms with E-state index in [1.54, 1.807) is 26.1 Å². The van der Waals surface area contributed by atoms with Crippen LogP contribution in [0.25, 0.3) is 0 Å². The van der Waals surface area contributed by atoms with E-state index in [1.165, 1.54) is 4.90 Å². The molecule has 0 heterocycles. The monoisotopic (exact) mass is 237 g/mol. The molecular weight excluding hydrogens is 218 g/mol. The normalized spacial score (nSPS) is 12.0. The lowest BCUT2D eigenvalue weighted by Crippen LogP contribution is -2.40. The van der Waals surface area contributed by atoms with Crippen molar-refractivity contribution in [3.8, 4) is 0 Å².